The molecule has 34 heavy (non-hydrogen) atoms. The van der Waals surface area contributed by atoms with Crippen LogP contribution in [0.3, 0.4) is 0 Å². The number of nitrogens with zero attached hydrogens (tertiary/aromatic N) is 5. The van der Waals surface area contributed by atoms with E-state index in [2.05, 4.69) is 21.8 Å². The normalized spacial score (nSPS) is 20.1. The van der Waals surface area contributed by atoms with Gasteiger partial charge in [-0.1, -0.05) is 18.5 Å². The number of hydrogen-bond acceptors (Lipinski definition) is 6. The minimum Gasteiger partial charge on any atom is -0.488 e. The van der Waals surface area contributed by atoms with E-state index >= 15 is 0 Å². The third-order valence-corrected chi connectivity index (χ3v) is 6.70. The van der Waals surface area contributed by atoms with Crippen molar-refractivity contribution in [3.63, 3.8) is 0 Å². The molecule has 2 aromatic heterocycles. The first-order chi connectivity index (χ1) is 16.4. The third kappa shape index (κ3) is 4.48. The predicted molar refractivity (Wildman–Crippen MR) is 126 cm³/mol. The van der Waals surface area contributed by atoms with Crippen molar-refractivity contribution in [1.29, 1.82) is 5.26 Å². The number of hydrogen-bond donors (Lipinski definition) is 0. The van der Waals surface area contributed by atoms with Crippen molar-refractivity contribution in [3.05, 3.63) is 75.2 Å². The van der Waals surface area contributed by atoms with Gasteiger partial charge in [-0.3, -0.25) is 9.36 Å². The molecule has 2 fully saturated rings. The summed E-state index contributed by atoms with van der Waals surface area (Å²) in [5, 5.41) is 9.15. The molecule has 3 heterocycles. The molecular formula is C25H23ClFN5O2. The van der Waals surface area contributed by atoms with Crippen molar-refractivity contribution in [1.82, 2.24) is 14.5 Å². The number of benzene rings is 1. The molecule has 7 nitrogen and oxygen atoms in total. The molecule has 1 saturated heterocycles. The van der Waals surface area contributed by atoms with Crippen molar-refractivity contribution in [2.24, 2.45) is 5.92 Å². The van der Waals surface area contributed by atoms with E-state index in [9.17, 15) is 9.18 Å². The SMILES string of the molecule is C[C@@H]1CN(c2ncc(C3CC3)cn2)CC[C@@H]1Oc1cc(=O)n(-c2ccc(C#N)c(F)c2)cc1Cl. The van der Waals surface area contributed by atoms with Crippen LogP contribution in [0.2, 0.25) is 5.02 Å². The van der Waals surface area contributed by atoms with E-state index in [-0.39, 0.29) is 28.3 Å². The van der Waals surface area contributed by atoms with Crippen molar-refractivity contribution in [2.75, 3.05) is 18.0 Å². The average molecular weight is 480 g/mol. The highest BCUT2D eigenvalue weighted by atomic mass is 35.5. The number of anilines is 1. The molecule has 9 heteroatoms. The highest BCUT2D eigenvalue weighted by Crippen LogP contribution is 2.39. The third-order valence-electron chi connectivity index (χ3n) is 6.42. The number of pyridine rings is 1. The van der Waals surface area contributed by atoms with Crippen LogP contribution in [0.25, 0.3) is 5.69 Å². The van der Waals surface area contributed by atoms with Gasteiger partial charge in [-0.2, -0.15) is 5.26 Å². The van der Waals surface area contributed by atoms with Gasteiger partial charge in [-0.25, -0.2) is 14.4 Å². The van der Waals surface area contributed by atoms with E-state index in [0.29, 0.717) is 11.7 Å². The summed E-state index contributed by atoms with van der Waals surface area (Å²) in [6.07, 6.45) is 8.33. The molecule has 0 amide bonds. The summed E-state index contributed by atoms with van der Waals surface area (Å²) >= 11 is 6.43. The molecule has 5 rings (SSSR count). The monoisotopic (exact) mass is 479 g/mol. The van der Waals surface area contributed by atoms with Gasteiger partial charge < -0.3 is 9.64 Å². The Morgan fingerprint density at radius 2 is 1.97 bits per heavy atom. The van der Waals surface area contributed by atoms with Crippen LogP contribution in [0.4, 0.5) is 10.3 Å². The number of nitriles is 1. The van der Waals surface area contributed by atoms with Crippen LogP contribution < -0.4 is 15.2 Å². The molecule has 0 radical (unpaired) electrons. The Hall–Kier alpha value is -3.44. The fraction of sp³-hybridized carbons (Fsp3) is 0.360. The number of ether oxygens (including phenoxy) is 1. The van der Waals surface area contributed by atoms with Crippen LogP contribution >= 0.6 is 11.6 Å². The summed E-state index contributed by atoms with van der Waals surface area (Å²) < 4.78 is 21.4. The first kappa shape index (κ1) is 22.4. The van der Waals surface area contributed by atoms with Crippen molar-refractivity contribution in [3.8, 4) is 17.5 Å². The average Bonchev–Trinajstić information content (AvgIpc) is 3.68. The van der Waals surface area contributed by atoms with Gasteiger partial charge in [0.2, 0.25) is 5.95 Å². The fourth-order valence-electron chi connectivity index (χ4n) is 4.29. The molecule has 174 valence electrons. The summed E-state index contributed by atoms with van der Waals surface area (Å²) in [6.45, 7) is 3.55. The summed E-state index contributed by atoms with van der Waals surface area (Å²) in [6, 6.07) is 7.04. The Labute approximate surface area is 201 Å². The lowest BCUT2D eigenvalue weighted by atomic mass is 9.96. The van der Waals surface area contributed by atoms with Crippen LogP contribution in [-0.2, 0) is 0 Å². The Balaban J connectivity index is 1.28. The largest absolute Gasteiger partial charge is 0.488 e. The zero-order chi connectivity index (χ0) is 23.8. The summed E-state index contributed by atoms with van der Waals surface area (Å²) in [4.78, 5) is 24.0. The van der Waals surface area contributed by atoms with Crippen LogP contribution in [0.15, 0.2) is 47.7 Å². The van der Waals surface area contributed by atoms with Crippen LogP contribution in [0.5, 0.6) is 5.75 Å². The van der Waals surface area contributed by atoms with Crippen LogP contribution in [0, 0.1) is 23.1 Å². The second kappa shape index (κ2) is 9.07. The molecule has 0 spiro atoms. The standard InChI is InChI=1S/C25H23ClFN5O2/c1-15-13-31(25-29-11-18(12-30-25)16-2-3-16)7-6-22(15)34-23-9-24(33)32(14-20(23)26)19-5-4-17(10-28)21(27)8-19/h4-5,8-9,11-12,14-16,22H,2-3,6-7,13H2,1H3/t15-,22+/m1/s1. The minimum atomic E-state index is -0.699. The topological polar surface area (TPSA) is 84.0 Å². The molecule has 0 N–H and O–H groups in total. The maximum absolute atomic E-state index is 14.0. The number of halogens is 2. The van der Waals surface area contributed by atoms with Gasteiger partial charge >= 0.3 is 0 Å². The molecule has 0 unspecified atom stereocenters. The van der Waals surface area contributed by atoms with E-state index in [1.807, 2.05) is 12.4 Å². The minimum absolute atomic E-state index is 0.0903. The number of aromatic nitrogens is 3. The summed E-state index contributed by atoms with van der Waals surface area (Å²) in [7, 11) is 0. The van der Waals surface area contributed by atoms with Crippen LogP contribution in [0.1, 0.15) is 43.2 Å². The highest BCUT2D eigenvalue weighted by molar-refractivity contribution is 6.31. The van der Waals surface area contributed by atoms with Gasteiger partial charge in [0, 0.05) is 50.1 Å². The van der Waals surface area contributed by atoms with Gasteiger partial charge in [0.05, 0.1) is 16.3 Å². The van der Waals surface area contributed by atoms with Gasteiger partial charge in [0.25, 0.3) is 5.56 Å². The molecule has 1 aromatic carbocycles. The zero-order valence-electron chi connectivity index (χ0n) is 18.6. The van der Waals surface area contributed by atoms with Gasteiger partial charge in [-0.05, 0) is 42.5 Å². The smallest absolute Gasteiger partial charge is 0.258 e. The molecular weight excluding hydrogens is 457 g/mol. The first-order valence-corrected chi connectivity index (χ1v) is 11.7. The first-order valence-electron chi connectivity index (χ1n) is 11.3. The Bertz CT molecular complexity index is 1320. The second-order valence-corrected chi connectivity index (χ2v) is 9.34. The lowest BCUT2D eigenvalue weighted by Crippen LogP contribution is -2.45. The Morgan fingerprint density at radius 3 is 2.62 bits per heavy atom. The number of rotatable bonds is 5. The maximum atomic E-state index is 14.0. The molecule has 1 saturated carbocycles. The predicted octanol–water partition coefficient (Wildman–Crippen LogP) is 4.46. The fourth-order valence-corrected chi connectivity index (χ4v) is 4.49. The molecule has 2 aliphatic rings. The maximum Gasteiger partial charge on any atom is 0.258 e. The van der Waals surface area contributed by atoms with E-state index in [1.165, 1.54) is 47.4 Å². The zero-order valence-corrected chi connectivity index (χ0v) is 19.4. The lowest BCUT2D eigenvalue weighted by molar-refractivity contribution is 0.121. The summed E-state index contributed by atoms with van der Waals surface area (Å²) in [5.74, 6) is 1.11. The van der Waals surface area contributed by atoms with Crippen molar-refractivity contribution in [2.45, 2.75) is 38.2 Å². The van der Waals surface area contributed by atoms with Gasteiger partial charge in [0.1, 0.15) is 23.7 Å². The second-order valence-electron chi connectivity index (χ2n) is 8.93. The van der Waals surface area contributed by atoms with E-state index in [1.54, 1.807) is 6.07 Å². The molecule has 3 aromatic rings. The summed E-state index contributed by atoms with van der Waals surface area (Å²) in [5.41, 5.74) is 0.998. The van der Waals surface area contributed by atoms with Crippen LogP contribution in [-0.4, -0.2) is 33.7 Å². The Morgan fingerprint density at radius 1 is 1.21 bits per heavy atom. The van der Waals surface area contributed by atoms with E-state index < -0.39 is 11.4 Å². The quantitative estimate of drug-likeness (QED) is 0.537. The lowest BCUT2D eigenvalue weighted by Gasteiger charge is -2.37. The molecule has 1 aliphatic carbocycles. The van der Waals surface area contributed by atoms with E-state index in [4.69, 9.17) is 21.6 Å². The molecule has 2 atom stereocenters. The Kier molecular flexibility index (Phi) is 5.96. The van der Waals surface area contributed by atoms with Gasteiger partial charge in [-0.15, -0.1) is 0 Å². The van der Waals surface area contributed by atoms with Gasteiger partial charge in [0.15, 0.2) is 0 Å². The van der Waals surface area contributed by atoms with Crippen molar-refractivity contribution >= 4 is 17.5 Å². The number of piperidine rings is 1. The van der Waals surface area contributed by atoms with Crippen molar-refractivity contribution < 1.29 is 9.13 Å². The highest BCUT2D eigenvalue weighted by Gasteiger charge is 2.30. The molecule has 1 aliphatic heterocycles. The molecule has 0 bridgehead atoms. The van der Waals surface area contributed by atoms with E-state index in [0.717, 1.165) is 31.5 Å².